The predicted molar refractivity (Wildman–Crippen MR) is 57.0 cm³/mol. The number of aryl methyl sites for hydroxylation is 1. The number of fused-ring (bicyclic) bond motifs is 1. The van der Waals surface area contributed by atoms with Crippen molar-refractivity contribution in [2.45, 2.75) is 6.92 Å². The van der Waals surface area contributed by atoms with E-state index in [1.54, 1.807) is 0 Å². The van der Waals surface area contributed by atoms with Gasteiger partial charge >= 0.3 is 0 Å². The zero-order valence-electron chi connectivity index (χ0n) is 6.58. The standard InChI is InChI=1S/C9H7IN2/c1-6-11-5-7-4-8(10)2-3-9(7)12-6/h2-5H,1H3. The maximum Gasteiger partial charge on any atom is 0.125 e. The Labute approximate surface area is 84.2 Å². The van der Waals surface area contributed by atoms with Crippen LogP contribution >= 0.6 is 22.6 Å². The lowest BCUT2D eigenvalue weighted by atomic mass is 10.2. The van der Waals surface area contributed by atoms with Gasteiger partial charge in [0.1, 0.15) is 5.82 Å². The maximum absolute atomic E-state index is 4.30. The molecule has 2 nitrogen and oxygen atoms in total. The number of hydrogen-bond donors (Lipinski definition) is 0. The Balaban J connectivity index is 2.79. The summed E-state index contributed by atoms with van der Waals surface area (Å²) in [6.07, 6.45) is 1.86. The summed E-state index contributed by atoms with van der Waals surface area (Å²) in [6, 6.07) is 6.15. The van der Waals surface area contributed by atoms with E-state index in [4.69, 9.17) is 0 Å². The van der Waals surface area contributed by atoms with Crippen molar-refractivity contribution in [3.63, 3.8) is 0 Å². The summed E-state index contributed by atoms with van der Waals surface area (Å²) in [4.78, 5) is 8.44. The van der Waals surface area contributed by atoms with Gasteiger partial charge in [-0.2, -0.15) is 0 Å². The molecule has 0 unspecified atom stereocenters. The molecule has 0 bridgehead atoms. The van der Waals surface area contributed by atoms with E-state index < -0.39 is 0 Å². The lowest BCUT2D eigenvalue weighted by Gasteiger charge is -1.97. The molecule has 0 spiro atoms. The predicted octanol–water partition coefficient (Wildman–Crippen LogP) is 2.54. The van der Waals surface area contributed by atoms with Crippen molar-refractivity contribution < 1.29 is 0 Å². The Morgan fingerprint density at radius 3 is 3.00 bits per heavy atom. The molecule has 2 aromatic rings. The molecule has 0 radical (unpaired) electrons. The van der Waals surface area contributed by atoms with Gasteiger partial charge in [-0.1, -0.05) is 0 Å². The van der Waals surface area contributed by atoms with E-state index in [0.29, 0.717) is 0 Å². The Hall–Kier alpha value is -0.710. The third kappa shape index (κ3) is 1.41. The Morgan fingerprint density at radius 2 is 2.17 bits per heavy atom. The van der Waals surface area contributed by atoms with Gasteiger partial charge in [-0.25, -0.2) is 9.97 Å². The molecule has 60 valence electrons. The van der Waals surface area contributed by atoms with Crippen LogP contribution in [0.1, 0.15) is 5.82 Å². The van der Waals surface area contributed by atoms with Crippen molar-refractivity contribution in [1.29, 1.82) is 0 Å². The molecule has 0 fully saturated rings. The van der Waals surface area contributed by atoms with E-state index in [1.165, 1.54) is 3.57 Å². The van der Waals surface area contributed by atoms with Crippen LogP contribution in [0.2, 0.25) is 0 Å². The second-order valence-electron chi connectivity index (χ2n) is 2.62. The summed E-state index contributed by atoms with van der Waals surface area (Å²) >= 11 is 2.28. The summed E-state index contributed by atoms with van der Waals surface area (Å²) in [6.45, 7) is 1.90. The number of rotatable bonds is 0. The van der Waals surface area contributed by atoms with Gasteiger partial charge in [-0.3, -0.25) is 0 Å². The zero-order valence-corrected chi connectivity index (χ0v) is 8.74. The van der Waals surface area contributed by atoms with Crippen molar-refractivity contribution in [1.82, 2.24) is 9.97 Å². The minimum absolute atomic E-state index is 0.823. The largest absolute Gasteiger partial charge is 0.241 e. The number of aromatic nitrogens is 2. The van der Waals surface area contributed by atoms with E-state index in [2.05, 4.69) is 44.7 Å². The summed E-state index contributed by atoms with van der Waals surface area (Å²) in [5, 5.41) is 1.10. The number of hydrogen-bond acceptors (Lipinski definition) is 2. The second kappa shape index (κ2) is 2.97. The quantitative estimate of drug-likeness (QED) is 0.687. The lowest BCUT2D eigenvalue weighted by Crippen LogP contribution is -1.87. The van der Waals surface area contributed by atoms with Gasteiger partial charge in [0.05, 0.1) is 5.52 Å². The van der Waals surface area contributed by atoms with Gasteiger partial charge in [-0.05, 0) is 47.7 Å². The molecule has 0 aliphatic heterocycles. The van der Waals surface area contributed by atoms with Gasteiger partial charge in [0.25, 0.3) is 0 Å². The van der Waals surface area contributed by atoms with Crippen LogP contribution in [0.5, 0.6) is 0 Å². The van der Waals surface area contributed by atoms with E-state index in [-0.39, 0.29) is 0 Å². The highest BCUT2D eigenvalue weighted by Crippen LogP contribution is 2.14. The van der Waals surface area contributed by atoms with Gasteiger partial charge in [0.2, 0.25) is 0 Å². The molecule has 0 amide bonds. The highest BCUT2D eigenvalue weighted by atomic mass is 127. The van der Waals surface area contributed by atoms with Crippen LogP contribution in [0.4, 0.5) is 0 Å². The van der Waals surface area contributed by atoms with Crippen LogP contribution in [-0.4, -0.2) is 9.97 Å². The molecular weight excluding hydrogens is 263 g/mol. The maximum atomic E-state index is 4.30. The molecule has 0 N–H and O–H groups in total. The van der Waals surface area contributed by atoms with Crippen molar-refractivity contribution in [2.24, 2.45) is 0 Å². The Kier molecular flexibility index (Phi) is 1.96. The third-order valence-electron chi connectivity index (χ3n) is 1.66. The third-order valence-corrected chi connectivity index (χ3v) is 2.33. The molecule has 0 saturated heterocycles. The van der Waals surface area contributed by atoms with Gasteiger partial charge in [-0.15, -0.1) is 0 Å². The molecule has 12 heavy (non-hydrogen) atoms. The second-order valence-corrected chi connectivity index (χ2v) is 3.87. The first kappa shape index (κ1) is 7.91. The highest BCUT2D eigenvalue weighted by molar-refractivity contribution is 14.1. The molecule has 1 heterocycles. The summed E-state index contributed by atoms with van der Waals surface area (Å²) in [7, 11) is 0. The van der Waals surface area contributed by atoms with Crippen LogP contribution in [0.15, 0.2) is 24.4 Å². The minimum atomic E-state index is 0.823. The summed E-state index contributed by atoms with van der Waals surface area (Å²) in [5.74, 6) is 0.823. The molecule has 0 saturated carbocycles. The zero-order chi connectivity index (χ0) is 8.55. The molecule has 0 atom stereocenters. The minimum Gasteiger partial charge on any atom is -0.241 e. The van der Waals surface area contributed by atoms with Crippen molar-refractivity contribution in [2.75, 3.05) is 0 Å². The summed E-state index contributed by atoms with van der Waals surface area (Å²) < 4.78 is 1.22. The molecule has 2 rings (SSSR count). The monoisotopic (exact) mass is 270 g/mol. The van der Waals surface area contributed by atoms with Crippen LogP contribution in [0, 0.1) is 10.5 Å². The summed E-state index contributed by atoms with van der Waals surface area (Å²) in [5.41, 5.74) is 1.02. The fourth-order valence-corrected chi connectivity index (χ4v) is 1.61. The first-order valence-electron chi connectivity index (χ1n) is 3.64. The highest BCUT2D eigenvalue weighted by Gasteiger charge is 1.95. The van der Waals surface area contributed by atoms with Gasteiger partial charge < -0.3 is 0 Å². The van der Waals surface area contributed by atoms with Gasteiger partial charge in [0.15, 0.2) is 0 Å². The lowest BCUT2D eigenvalue weighted by molar-refractivity contribution is 1.09. The smallest absolute Gasteiger partial charge is 0.125 e. The van der Waals surface area contributed by atoms with Crippen molar-refractivity contribution in [3.05, 3.63) is 33.8 Å². The fourth-order valence-electron chi connectivity index (χ4n) is 1.10. The average Bonchev–Trinajstić information content (AvgIpc) is 2.05. The molecule has 0 aliphatic carbocycles. The van der Waals surface area contributed by atoms with Gasteiger partial charge in [0, 0.05) is 15.2 Å². The first-order valence-corrected chi connectivity index (χ1v) is 4.72. The number of halogens is 1. The number of benzene rings is 1. The average molecular weight is 270 g/mol. The van der Waals surface area contributed by atoms with Crippen molar-refractivity contribution >= 4 is 33.5 Å². The van der Waals surface area contributed by atoms with E-state index in [1.807, 2.05) is 19.2 Å². The van der Waals surface area contributed by atoms with Crippen molar-refractivity contribution in [3.8, 4) is 0 Å². The molecule has 1 aromatic carbocycles. The molecular formula is C9H7IN2. The van der Waals surface area contributed by atoms with Crippen LogP contribution in [-0.2, 0) is 0 Å². The normalized spacial score (nSPS) is 10.5. The fraction of sp³-hybridized carbons (Fsp3) is 0.111. The molecule has 0 aliphatic rings. The SMILES string of the molecule is Cc1ncc2cc(I)ccc2n1. The van der Waals surface area contributed by atoms with Crippen LogP contribution in [0.3, 0.4) is 0 Å². The van der Waals surface area contributed by atoms with Crippen LogP contribution < -0.4 is 0 Å². The van der Waals surface area contributed by atoms with E-state index in [9.17, 15) is 0 Å². The number of nitrogens with zero attached hydrogens (tertiary/aromatic N) is 2. The topological polar surface area (TPSA) is 25.8 Å². The van der Waals surface area contributed by atoms with Crippen LogP contribution in [0.25, 0.3) is 10.9 Å². The Bertz CT molecular complexity index is 385. The molecule has 1 aromatic heterocycles. The molecule has 3 heteroatoms. The first-order chi connectivity index (χ1) is 5.75. The van der Waals surface area contributed by atoms with E-state index >= 15 is 0 Å². The van der Waals surface area contributed by atoms with E-state index in [0.717, 1.165) is 16.7 Å². The Morgan fingerprint density at radius 1 is 1.33 bits per heavy atom.